The standard InChI is InChI=1S/C24H26N2O2/c1-4-13-28-23-12-11-20-7-5-6-8-21(20)22(23)16-25-26-24(27)15-19-10-9-17(2)18(3)14-19/h5-12,14,16H,4,13,15H2,1-3H3,(H,26,27)/b25-16-. The highest BCUT2D eigenvalue weighted by Crippen LogP contribution is 2.26. The van der Waals surface area contributed by atoms with E-state index in [1.807, 2.05) is 55.5 Å². The minimum Gasteiger partial charge on any atom is -0.493 e. The second-order valence-electron chi connectivity index (χ2n) is 6.94. The second-order valence-corrected chi connectivity index (χ2v) is 6.94. The molecule has 0 radical (unpaired) electrons. The van der Waals surface area contributed by atoms with Gasteiger partial charge in [-0.1, -0.05) is 55.5 Å². The number of ether oxygens (including phenoxy) is 1. The molecule has 0 aliphatic rings. The first-order chi connectivity index (χ1) is 13.6. The van der Waals surface area contributed by atoms with Gasteiger partial charge in [0.1, 0.15) is 5.75 Å². The fraction of sp³-hybridized carbons (Fsp3) is 0.250. The lowest BCUT2D eigenvalue weighted by molar-refractivity contribution is -0.120. The van der Waals surface area contributed by atoms with Crippen LogP contribution < -0.4 is 10.2 Å². The molecule has 4 heteroatoms. The van der Waals surface area contributed by atoms with Gasteiger partial charge in [0, 0.05) is 5.56 Å². The Morgan fingerprint density at radius 2 is 1.89 bits per heavy atom. The molecule has 28 heavy (non-hydrogen) atoms. The Morgan fingerprint density at radius 1 is 1.07 bits per heavy atom. The van der Waals surface area contributed by atoms with Crippen LogP contribution in [0.2, 0.25) is 0 Å². The molecule has 1 N–H and O–H groups in total. The molecule has 144 valence electrons. The maximum Gasteiger partial charge on any atom is 0.244 e. The van der Waals surface area contributed by atoms with Crippen molar-refractivity contribution in [2.75, 3.05) is 6.61 Å². The number of benzene rings is 3. The molecule has 3 rings (SSSR count). The first-order valence-corrected chi connectivity index (χ1v) is 9.61. The lowest BCUT2D eigenvalue weighted by Gasteiger charge is -2.11. The topological polar surface area (TPSA) is 50.7 Å². The summed E-state index contributed by atoms with van der Waals surface area (Å²) >= 11 is 0. The minimum atomic E-state index is -0.143. The van der Waals surface area contributed by atoms with E-state index in [1.165, 1.54) is 11.1 Å². The number of fused-ring (bicyclic) bond motifs is 1. The summed E-state index contributed by atoms with van der Waals surface area (Å²) in [7, 11) is 0. The zero-order valence-corrected chi connectivity index (χ0v) is 16.7. The number of carbonyl (C=O) groups is 1. The molecule has 0 aliphatic carbocycles. The average molecular weight is 374 g/mol. The largest absolute Gasteiger partial charge is 0.493 e. The second kappa shape index (κ2) is 9.18. The molecular weight excluding hydrogens is 348 g/mol. The molecule has 0 fully saturated rings. The summed E-state index contributed by atoms with van der Waals surface area (Å²) in [5.41, 5.74) is 6.89. The molecule has 0 saturated carbocycles. The van der Waals surface area contributed by atoms with Gasteiger partial charge in [-0.25, -0.2) is 5.43 Å². The van der Waals surface area contributed by atoms with Crippen molar-refractivity contribution in [1.82, 2.24) is 5.43 Å². The quantitative estimate of drug-likeness (QED) is 0.470. The maximum absolute atomic E-state index is 12.3. The molecule has 0 aromatic heterocycles. The van der Waals surface area contributed by atoms with Crippen molar-refractivity contribution in [3.05, 3.63) is 76.9 Å². The molecule has 0 spiro atoms. The van der Waals surface area contributed by atoms with Gasteiger partial charge < -0.3 is 4.74 Å². The van der Waals surface area contributed by atoms with E-state index in [1.54, 1.807) is 6.21 Å². The predicted molar refractivity (Wildman–Crippen MR) is 115 cm³/mol. The van der Waals surface area contributed by atoms with Crippen LogP contribution >= 0.6 is 0 Å². The molecule has 3 aromatic carbocycles. The van der Waals surface area contributed by atoms with Crippen LogP contribution in [-0.4, -0.2) is 18.7 Å². The Hall–Kier alpha value is -3.14. The number of carbonyl (C=O) groups excluding carboxylic acids is 1. The van der Waals surface area contributed by atoms with E-state index in [-0.39, 0.29) is 5.91 Å². The molecule has 4 nitrogen and oxygen atoms in total. The molecule has 0 aliphatic heterocycles. The van der Waals surface area contributed by atoms with Crippen molar-refractivity contribution in [2.24, 2.45) is 5.10 Å². The van der Waals surface area contributed by atoms with Gasteiger partial charge >= 0.3 is 0 Å². The molecule has 0 unspecified atom stereocenters. The number of rotatable bonds is 7. The maximum atomic E-state index is 12.3. The van der Waals surface area contributed by atoms with Crippen LogP contribution in [0.5, 0.6) is 5.75 Å². The Balaban J connectivity index is 1.76. The molecule has 0 saturated heterocycles. The highest BCUT2D eigenvalue weighted by Gasteiger charge is 2.08. The van der Waals surface area contributed by atoms with Crippen molar-refractivity contribution >= 4 is 22.9 Å². The third kappa shape index (κ3) is 4.77. The fourth-order valence-electron chi connectivity index (χ4n) is 3.05. The Labute approximate surface area is 166 Å². The van der Waals surface area contributed by atoms with Crippen molar-refractivity contribution in [3.8, 4) is 5.75 Å². The van der Waals surface area contributed by atoms with Crippen LogP contribution in [0.1, 0.15) is 35.6 Å². The van der Waals surface area contributed by atoms with E-state index >= 15 is 0 Å². The van der Waals surface area contributed by atoms with E-state index in [2.05, 4.69) is 30.4 Å². The normalized spacial score (nSPS) is 11.1. The van der Waals surface area contributed by atoms with Crippen molar-refractivity contribution in [3.63, 3.8) is 0 Å². The average Bonchev–Trinajstić information content (AvgIpc) is 2.70. The van der Waals surface area contributed by atoms with Crippen LogP contribution in [0.25, 0.3) is 10.8 Å². The van der Waals surface area contributed by atoms with Gasteiger partial charge in [-0.2, -0.15) is 5.10 Å². The smallest absolute Gasteiger partial charge is 0.244 e. The number of amides is 1. The third-order valence-corrected chi connectivity index (χ3v) is 4.71. The number of aryl methyl sites for hydroxylation is 2. The monoisotopic (exact) mass is 374 g/mol. The molecule has 0 atom stereocenters. The van der Waals surface area contributed by atoms with E-state index in [0.717, 1.165) is 34.1 Å². The lowest BCUT2D eigenvalue weighted by atomic mass is 10.0. The zero-order chi connectivity index (χ0) is 19.9. The zero-order valence-electron chi connectivity index (χ0n) is 16.7. The van der Waals surface area contributed by atoms with Gasteiger partial charge in [0.15, 0.2) is 0 Å². The summed E-state index contributed by atoms with van der Waals surface area (Å²) in [6.07, 6.45) is 2.90. The van der Waals surface area contributed by atoms with Crippen LogP contribution in [0.3, 0.4) is 0 Å². The van der Waals surface area contributed by atoms with Crippen molar-refractivity contribution in [1.29, 1.82) is 0 Å². The molecule has 3 aromatic rings. The van der Waals surface area contributed by atoms with Gasteiger partial charge in [0.05, 0.1) is 19.2 Å². The summed E-state index contributed by atoms with van der Waals surface area (Å²) in [5.74, 6) is 0.628. The van der Waals surface area contributed by atoms with E-state index in [0.29, 0.717) is 13.0 Å². The summed E-state index contributed by atoms with van der Waals surface area (Å²) in [6.45, 7) is 6.82. The first-order valence-electron chi connectivity index (χ1n) is 9.61. The van der Waals surface area contributed by atoms with E-state index in [9.17, 15) is 4.79 Å². The van der Waals surface area contributed by atoms with Crippen LogP contribution in [0.15, 0.2) is 59.7 Å². The van der Waals surface area contributed by atoms with Gasteiger partial charge in [-0.05, 0) is 53.8 Å². The van der Waals surface area contributed by atoms with Crippen molar-refractivity contribution in [2.45, 2.75) is 33.6 Å². The number of hydrogen-bond acceptors (Lipinski definition) is 3. The minimum absolute atomic E-state index is 0.143. The van der Waals surface area contributed by atoms with Crippen LogP contribution in [0, 0.1) is 13.8 Å². The van der Waals surface area contributed by atoms with Gasteiger partial charge in [0.25, 0.3) is 0 Å². The predicted octanol–water partition coefficient (Wildman–Crippen LogP) is 4.94. The van der Waals surface area contributed by atoms with Gasteiger partial charge in [0.2, 0.25) is 5.91 Å². The summed E-state index contributed by atoms with van der Waals surface area (Å²) in [6, 6.07) is 18.1. The molecule has 0 heterocycles. The van der Waals surface area contributed by atoms with Gasteiger partial charge in [-0.15, -0.1) is 0 Å². The SMILES string of the molecule is CCCOc1ccc2ccccc2c1/C=N\NC(=O)Cc1ccc(C)c(C)c1. The highest BCUT2D eigenvalue weighted by atomic mass is 16.5. The first kappa shape index (κ1) is 19.6. The van der Waals surface area contributed by atoms with E-state index in [4.69, 9.17) is 4.74 Å². The third-order valence-electron chi connectivity index (χ3n) is 4.71. The number of nitrogens with one attached hydrogen (secondary N) is 1. The number of nitrogens with zero attached hydrogens (tertiary/aromatic N) is 1. The van der Waals surface area contributed by atoms with E-state index < -0.39 is 0 Å². The molecular formula is C24H26N2O2. The summed E-state index contributed by atoms with van der Waals surface area (Å²) in [4.78, 5) is 12.3. The van der Waals surface area contributed by atoms with Crippen molar-refractivity contribution < 1.29 is 9.53 Å². The lowest BCUT2D eigenvalue weighted by Crippen LogP contribution is -2.20. The fourth-order valence-corrected chi connectivity index (χ4v) is 3.05. The Kier molecular flexibility index (Phi) is 6.43. The van der Waals surface area contributed by atoms with Crippen LogP contribution in [-0.2, 0) is 11.2 Å². The Morgan fingerprint density at radius 3 is 2.68 bits per heavy atom. The number of hydrogen-bond donors (Lipinski definition) is 1. The number of hydrazone groups is 1. The van der Waals surface area contributed by atoms with Crippen LogP contribution in [0.4, 0.5) is 0 Å². The summed E-state index contributed by atoms with van der Waals surface area (Å²) in [5, 5.41) is 6.34. The Bertz CT molecular complexity index is 1010. The van der Waals surface area contributed by atoms with Gasteiger partial charge in [-0.3, -0.25) is 4.79 Å². The summed E-state index contributed by atoms with van der Waals surface area (Å²) < 4.78 is 5.87. The highest BCUT2D eigenvalue weighted by molar-refractivity contribution is 6.02. The molecule has 1 amide bonds. The molecule has 0 bridgehead atoms.